The molecule has 1 spiro atoms. The number of hydrogen-bond acceptors (Lipinski definition) is 3. The Balaban J connectivity index is 2.37. The average Bonchev–Trinajstić information content (AvgIpc) is 2.14. The zero-order valence-electron chi connectivity index (χ0n) is 10.1. The van der Waals surface area contributed by atoms with Crippen LogP contribution >= 0.6 is 10.7 Å². The van der Waals surface area contributed by atoms with Gasteiger partial charge in [-0.15, -0.1) is 0 Å². The van der Waals surface area contributed by atoms with Crippen LogP contribution in [0.5, 0.6) is 0 Å². The monoisotopic (exact) mass is 279 g/mol. The van der Waals surface area contributed by atoms with E-state index < -0.39 is 14.8 Å². The lowest BCUT2D eigenvalue weighted by molar-refractivity contribution is -0.154. The second-order valence-electron chi connectivity index (χ2n) is 5.48. The molecule has 1 saturated heterocycles. The standard InChI is InChI=1S/C11H18ClNO3S/c1-8(2)9-5-3-4-6-11(9)7-10(14)13(11)17(12,15)16/h8-9H,3-7H2,1-2H3. The first-order chi connectivity index (χ1) is 7.79. The summed E-state index contributed by atoms with van der Waals surface area (Å²) in [4.78, 5) is 11.6. The van der Waals surface area contributed by atoms with Crippen LogP contribution in [0.2, 0.25) is 0 Å². The number of carbonyl (C=O) groups is 1. The second kappa shape index (κ2) is 4.12. The Kier molecular flexibility index (Phi) is 3.19. The summed E-state index contributed by atoms with van der Waals surface area (Å²) in [5, 5.41) is 0. The van der Waals surface area contributed by atoms with Gasteiger partial charge >= 0.3 is 9.24 Å². The topological polar surface area (TPSA) is 54.5 Å². The number of halogens is 1. The minimum atomic E-state index is -3.93. The average molecular weight is 280 g/mol. The molecule has 1 heterocycles. The molecule has 17 heavy (non-hydrogen) atoms. The van der Waals surface area contributed by atoms with Gasteiger partial charge in [-0.25, -0.2) is 4.31 Å². The maximum atomic E-state index is 11.6. The second-order valence-corrected chi connectivity index (χ2v) is 7.84. The number of rotatable bonds is 2. The Bertz CT molecular complexity index is 434. The van der Waals surface area contributed by atoms with Gasteiger partial charge in [-0.3, -0.25) is 4.79 Å². The van der Waals surface area contributed by atoms with Crippen LogP contribution in [0.15, 0.2) is 0 Å². The van der Waals surface area contributed by atoms with Crippen molar-refractivity contribution in [1.82, 2.24) is 4.31 Å². The van der Waals surface area contributed by atoms with E-state index in [0.29, 0.717) is 12.3 Å². The van der Waals surface area contributed by atoms with Gasteiger partial charge in [0.2, 0.25) is 5.91 Å². The van der Waals surface area contributed by atoms with Crippen LogP contribution in [0.3, 0.4) is 0 Å². The third kappa shape index (κ3) is 1.97. The molecule has 2 rings (SSSR count). The van der Waals surface area contributed by atoms with Gasteiger partial charge in [-0.1, -0.05) is 26.7 Å². The van der Waals surface area contributed by atoms with Crippen molar-refractivity contribution in [2.75, 3.05) is 0 Å². The maximum Gasteiger partial charge on any atom is 0.324 e. The molecule has 6 heteroatoms. The van der Waals surface area contributed by atoms with E-state index in [2.05, 4.69) is 13.8 Å². The van der Waals surface area contributed by atoms with E-state index >= 15 is 0 Å². The number of hydrogen-bond donors (Lipinski definition) is 0. The van der Waals surface area contributed by atoms with Crippen LogP contribution in [-0.2, 0) is 14.0 Å². The summed E-state index contributed by atoms with van der Waals surface area (Å²) in [5.74, 6) is 0.249. The van der Waals surface area contributed by atoms with E-state index in [1.165, 1.54) is 0 Å². The SMILES string of the molecule is CC(C)C1CCCCC12CC(=O)N2S(=O)(=O)Cl. The van der Waals surface area contributed by atoms with Crippen molar-refractivity contribution in [3.05, 3.63) is 0 Å². The Morgan fingerprint density at radius 3 is 2.53 bits per heavy atom. The van der Waals surface area contributed by atoms with E-state index in [9.17, 15) is 13.2 Å². The molecule has 1 aliphatic heterocycles. The molecule has 0 aromatic rings. The van der Waals surface area contributed by atoms with Crippen molar-refractivity contribution in [3.63, 3.8) is 0 Å². The molecule has 1 aliphatic carbocycles. The molecule has 2 atom stereocenters. The van der Waals surface area contributed by atoms with Crippen molar-refractivity contribution in [2.24, 2.45) is 11.8 Å². The van der Waals surface area contributed by atoms with Crippen molar-refractivity contribution < 1.29 is 13.2 Å². The number of amides is 1. The smallest absolute Gasteiger partial charge is 0.274 e. The van der Waals surface area contributed by atoms with E-state index in [1.807, 2.05) is 0 Å². The van der Waals surface area contributed by atoms with Gasteiger partial charge in [-0.2, -0.15) is 8.42 Å². The van der Waals surface area contributed by atoms with Crippen LogP contribution in [0, 0.1) is 11.8 Å². The summed E-state index contributed by atoms with van der Waals surface area (Å²) >= 11 is 0. The summed E-state index contributed by atoms with van der Waals surface area (Å²) < 4.78 is 24.0. The van der Waals surface area contributed by atoms with Crippen molar-refractivity contribution in [1.29, 1.82) is 0 Å². The minimum absolute atomic E-state index is 0.238. The molecule has 0 radical (unpaired) electrons. The molecule has 0 aromatic heterocycles. The Labute approximate surface area is 107 Å². The lowest BCUT2D eigenvalue weighted by Crippen LogP contribution is -2.69. The third-order valence-electron chi connectivity index (χ3n) is 4.18. The fourth-order valence-electron chi connectivity index (χ4n) is 3.58. The minimum Gasteiger partial charge on any atom is -0.274 e. The fraction of sp³-hybridized carbons (Fsp3) is 0.909. The zero-order chi connectivity index (χ0) is 12.8. The summed E-state index contributed by atoms with van der Waals surface area (Å²) in [5.41, 5.74) is -0.524. The van der Waals surface area contributed by atoms with Crippen LogP contribution in [0.1, 0.15) is 46.0 Å². The van der Waals surface area contributed by atoms with Gasteiger partial charge in [0.05, 0.1) is 12.0 Å². The normalized spacial score (nSPS) is 34.2. The third-order valence-corrected chi connectivity index (χ3v) is 5.59. The van der Waals surface area contributed by atoms with Crippen LogP contribution in [-0.4, -0.2) is 24.2 Å². The molecule has 0 bridgehead atoms. The van der Waals surface area contributed by atoms with Crippen molar-refractivity contribution in [2.45, 2.75) is 51.5 Å². The zero-order valence-corrected chi connectivity index (χ0v) is 11.7. The van der Waals surface area contributed by atoms with Crippen LogP contribution in [0.4, 0.5) is 0 Å². The molecule has 0 aromatic carbocycles. The number of β-lactam (4-membered cyclic amide) rings is 1. The first-order valence-corrected chi connectivity index (χ1v) is 8.33. The van der Waals surface area contributed by atoms with E-state index in [-0.39, 0.29) is 11.8 Å². The van der Waals surface area contributed by atoms with Crippen molar-refractivity contribution in [3.8, 4) is 0 Å². The maximum absolute atomic E-state index is 11.6. The summed E-state index contributed by atoms with van der Waals surface area (Å²) in [6, 6.07) is 0. The molecule has 2 unspecified atom stereocenters. The molecule has 2 aliphatic rings. The lowest BCUT2D eigenvalue weighted by Gasteiger charge is -2.57. The molecule has 4 nitrogen and oxygen atoms in total. The Hall–Kier alpha value is -0.290. The predicted molar refractivity (Wildman–Crippen MR) is 65.8 cm³/mol. The van der Waals surface area contributed by atoms with E-state index in [4.69, 9.17) is 10.7 Å². The molecule has 2 fully saturated rings. The van der Waals surface area contributed by atoms with Crippen LogP contribution in [0.25, 0.3) is 0 Å². The lowest BCUT2D eigenvalue weighted by atomic mass is 9.63. The molecular weight excluding hydrogens is 262 g/mol. The summed E-state index contributed by atoms with van der Waals surface area (Å²) in [6.07, 6.45) is 4.15. The highest BCUT2D eigenvalue weighted by atomic mass is 35.7. The van der Waals surface area contributed by atoms with Gasteiger partial charge in [0.1, 0.15) is 0 Å². The van der Waals surface area contributed by atoms with Crippen molar-refractivity contribution >= 4 is 25.8 Å². The predicted octanol–water partition coefficient (Wildman–Crippen LogP) is 2.29. The largest absolute Gasteiger partial charge is 0.324 e. The summed E-state index contributed by atoms with van der Waals surface area (Å²) in [7, 11) is 1.47. The quantitative estimate of drug-likeness (QED) is 0.576. The van der Waals surface area contributed by atoms with Gasteiger partial charge < -0.3 is 0 Å². The van der Waals surface area contributed by atoms with Gasteiger partial charge in [0.15, 0.2) is 0 Å². The van der Waals surface area contributed by atoms with E-state index in [1.54, 1.807) is 0 Å². The highest BCUT2D eigenvalue weighted by Crippen LogP contribution is 2.52. The molecule has 1 saturated carbocycles. The number of carbonyl (C=O) groups excluding carboxylic acids is 1. The summed E-state index contributed by atoms with van der Waals surface area (Å²) in [6.45, 7) is 4.17. The van der Waals surface area contributed by atoms with E-state index in [0.717, 1.165) is 30.0 Å². The molecule has 1 amide bonds. The Morgan fingerprint density at radius 2 is 2.06 bits per heavy atom. The highest BCUT2D eigenvalue weighted by Gasteiger charge is 2.61. The van der Waals surface area contributed by atoms with Crippen LogP contribution < -0.4 is 0 Å². The first-order valence-electron chi connectivity index (χ1n) is 6.07. The fourth-order valence-corrected chi connectivity index (χ4v) is 5.25. The van der Waals surface area contributed by atoms with Gasteiger partial charge in [0.25, 0.3) is 0 Å². The van der Waals surface area contributed by atoms with Gasteiger partial charge in [-0.05, 0) is 24.7 Å². The molecular formula is C11H18ClNO3S. The Morgan fingerprint density at radius 1 is 1.41 bits per heavy atom. The molecule has 0 N–H and O–H groups in total. The van der Waals surface area contributed by atoms with Gasteiger partial charge in [0, 0.05) is 10.7 Å². The highest BCUT2D eigenvalue weighted by molar-refractivity contribution is 8.12. The molecule has 98 valence electrons. The first kappa shape index (κ1) is 13.1. The number of nitrogens with zero attached hydrogens (tertiary/aromatic N) is 1.